The molecule has 0 bridgehead atoms. The van der Waals surface area contributed by atoms with Crippen LogP contribution in [0.3, 0.4) is 0 Å². The van der Waals surface area contributed by atoms with Crippen LogP contribution in [0.1, 0.15) is 77.3 Å². The molecule has 0 fully saturated rings. The Balaban J connectivity index is 1.84. The van der Waals surface area contributed by atoms with Crippen molar-refractivity contribution in [3.8, 4) is 0 Å². The largest absolute Gasteiger partial charge is 0.394 e. The topological polar surface area (TPSA) is 555 Å². The summed E-state index contributed by atoms with van der Waals surface area (Å²) in [6.07, 6.45) is -2.06. The number of H-pyrrole nitrogens is 1. The van der Waals surface area contributed by atoms with Crippen molar-refractivity contribution >= 4 is 113 Å². The highest BCUT2D eigenvalue weighted by Crippen LogP contribution is 2.20. The summed E-state index contributed by atoms with van der Waals surface area (Å²) in [4.78, 5) is 178. The van der Waals surface area contributed by atoms with E-state index in [0.29, 0.717) is 41.4 Å². The number of rotatable bonds is 42. The Bertz CT molecular complexity index is 3070. The summed E-state index contributed by atoms with van der Waals surface area (Å²) in [6.45, 7) is 3.33. The molecule has 0 saturated carbocycles. The smallest absolute Gasteiger partial charge is 0.245 e. The zero-order valence-corrected chi connectivity index (χ0v) is 54.3. The molecular formula is C59H90N16O17S2. The van der Waals surface area contributed by atoms with Gasteiger partial charge in [0.15, 0.2) is 0 Å². The highest BCUT2D eigenvalue weighted by atomic mass is 32.1. The summed E-state index contributed by atoms with van der Waals surface area (Å²) >= 11 is 8.23. The molecule has 0 aliphatic heterocycles. The molecule has 1 aromatic heterocycles. The number of unbranched alkanes of at least 4 members (excludes halogenated alkanes) is 1. The molecule has 0 radical (unpaired) electrons. The number of aliphatic hydroxyl groups excluding tert-OH is 4. The summed E-state index contributed by atoms with van der Waals surface area (Å²) in [6, 6.07) is -1.77. The third-order valence-electron chi connectivity index (χ3n) is 14.5. The summed E-state index contributed by atoms with van der Waals surface area (Å²) in [5.74, 6) is -13.9. The number of aromatic nitrogens is 1. The van der Waals surface area contributed by atoms with Crippen molar-refractivity contribution in [1.29, 1.82) is 0 Å². The second-order valence-corrected chi connectivity index (χ2v) is 23.4. The molecule has 2 aromatic carbocycles. The van der Waals surface area contributed by atoms with E-state index in [1.807, 2.05) is 0 Å². The number of aliphatic hydroxyl groups is 4. The molecule has 13 atom stereocenters. The Hall–Kier alpha value is -8.45. The van der Waals surface area contributed by atoms with Gasteiger partial charge in [-0.1, -0.05) is 62.4 Å². The van der Waals surface area contributed by atoms with Crippen molar-refractivity contribution in [2.75, 3.05) is 37.8 Å². The van der Waals surface area contributed by atoms with Crippen molar-refractivity contribution < 1.29 is 82.8 Å². The average Bonchev–Trinajstić information content (AvgIpc) is 1.60. The number of nitrogens with two attached hydrogens (primary N) is 4. The van der Waals surface area contributed by atoms with Crippen molar-refractivity contribution in [2.45, 2.75) is 158 Å². The summed E-state index contributed by atoms with van der Waals surface area (Å²) < 4.78 is 0. The van der Waals surface area contributed by atoms with Crippen LogP contribution in [0.15, 0.2) is 60.8 Å². The number of aromatic amines is 1. The molecule has 94 heavy (non-hydrogen) atoms. The van der Waals surface area contributed by atoms with Crippen LogP contribution < -0.4 is 81.4 Å². The molecule has 24 N–H and O–H groups in total. The minimum absolute atomic E-state index is 0.0636. The number of fused-ring (bicyclic) bond motifs is 1. The summed E-state index contributed by atoms with van der Waals surface area (Å²) in [5.41, 5.74) is 23.6. The van der Waals surface area contributed by atoms with Crippen LogP contribution in [0.4, 0.5) is 0 Å². The van der Waals surface area contributed by atoms with Crippen LogP contribution in [0.25, 0.3) is 10.9 Å². The lowest BCUT2D eigenvalue weighted by molar-refractivity contribution is -0.137. The van der Waals surface area contributed by atoms with Crippen molar-refractivity contribution in [1.82, 2.24) is 63.5 Å². The highest BCUT2D eigenvalue weighted by molar-refractivity contribution is 7.80. The number of para-hydroxylation sites is 1. The van der Waals surface area contributed by atoms with E-state index in [4.69, 9.17) is 22.9 Å². The van der Waals surface area contributed by atoms with E-state index in [0.717, 1.165) is 6.92 Å². The van der Waals surface area contributed by atoms with Gasteiger partial charge < -0.3 is 107 Å². The van der Waals surface area contributed by atoms with E-state index in [1.165, 1.54) is 6.92 Å². The van der Waals surface area contributed by atoms with Gasteiger partial charge in [0.05, 0.1) is 32.0 Å². The van der Waals surface area contributed by atoms with Gasteiger partial charge in [0.2, 0.25) is 76.8 Å². The zero-order chi connectivity index (χ0) is 70.4. The number of hydrogen-bond acceptors (Lipinski definition) is 21. The van der Waals surface area contributed by atoms with E-state index in [9.17, 15) is 82.8 Å². The standard InChI is InChI=1S/C59H90N16O17S2/c1-29(2)20-39(54(87)74-48(31(4)79)59(92)73-43(27-93)56(89)67-37(49(63)82)16-10-11-19-60)69-52(85)40(21-32-12-6-5-7-13-32)70-55(88)42(26-77)66-46(81)24-65-51(84)38(17-18-45(62)80)68-53(86)41(22-33-23-64-36-15-9-8-14-34(33)36)71-58(91)47(30(3)78)75-57(90)44(28-94)72-50(83)35(61)25-76/h5-9,12-15,23,29-31,35,37-44,47-48,64,76-79,93-94H,10-11,16-22,24-28,60-61H2,1-4H3,(H2,62,80)(H2,63,82)(H,65,84)(H,66,81)(H,67,89)(H,68,86)(H,69,85)(H,70,88)(H,71,91)(H,72,83)(H,73,92)(H,74,87)(H,75,90)/t30-,31-,35+,37+,38+,39+,40+,41+,42+,43+,44+,47+,48+/m1/s1. The number of benzene rings is 2. The van der Waals surface area contributed by atoms with E-state index in [1.54, 1.807) is 74.6 Å². The van der Waals surface area contributed by atoms with Gasteiger partial charge in [-0.05, 0) is 75.6 Å². The Morgan fingerprint density at radius 3 is 1.52 bits per heavy atom. The molecule has 0 spiro atoms. The molecule has 520 valence electrons. The van der Waals surface area contributed by atoms with Crippen molar-refractivity contribution in [2.24, 2.45) is 28.9 Å². The molecule has 0 aliphatic carbocycles. The fourth-order valence-corrected chi connectivity index (χ4v) is 9.75. The van der Waals surface area contributed by atoms with E-state index >= 15 is 0 Å². The predicted octanol–water partition coefficient (Wildman–Crippen LogP) is -7.22. The molecule has 3 rings (SSSR count). The second-order valence-electron chi connectivity index (χ2n) is 22.6. The molecular weight excluding hydrogens is 1270 g/mol. The SMILES string of the molecule is CC(C)C[C@H](NC(=O)[C@H](Cc1ccccc1)NC(=O)[C@H](CO)NC(=O)CNC(=O)[C@H](CCC(N)=O)NC(=O)[C@H](Cc1c[nH]c2ccccc12)NC(=O)[C@@H](NC(=O)[C@H](CS)NC(=O)[C@@H](N)CO)[C@@H](C)O)C(=O)N[C@H](C(=O)N[C@@H](CS)C(=O)N[C@@H](CCCCN)C(N)=O)[C@@H](C)O. The maximum Gasteiger partial charge on any atom is 0.245 e. The molecule has 0 unspecified atom stereocenters. The van der Waals surface area contributed by atoms with E-state index < -0.39 is 188 Å². The number of nitrogens with one attached hydrogen (secondary N) is 12. The normalized spacial score (nSPS) is 15.4. The monoisotopic (exact) mass is 1360 g/mol. The first-order chi connectivity index (χ1) is 44.5. The minimum Gasteiger partial charge on any atom is -0.394 e. The van der Waals surface area contributed by atoms with Gasteiger partial charge in [-0.15, -0.1) is 0 Å². The molecule has 3 aromatic rings. The zero-order valence-electron chi connectivity index (χ0n) is 52.6. The lowest BCUT2D eigenvalue weighted by Crippen LogP contribution is -2.62. The summed E-state index contributed by atoms with van der Waals surface area (Å²) in [7, 11) is 0. The molecule has 1 heterocycles. The lowest BCUT2D eigenvalue weighted by Gasteiger charge is -2.28. The predicted molar refractivity (Wildman–Crippen MR) is 348 cm³/mol. The van der Waals surface area contributed by atoms with Crippen molar-refractivity contribution in [3.05, 3.63) is 71.9 Å². The number of amides is 13. The van der Waals surface area contributed by atoms with Gasteiger partial charge in [0.25, 0.3) is 0 Å². The third-order valence-corrected chi connectivity index (χ3v) is 15.2. The maximum absolute atomic E-state index is 14.4. The number of primary amides is 2. The van der Waals surface area contributed by atoms with Gasteiger partial charge in [-0.2, -0.15) is 25.3 Å². The average molecular weight is 1360 g/mol. The highest BCUT2D eigenvalue weighted by Gasteiger charge is 2.37. The second kappa shape index (κ2) is 40.6. The fourth-order valence-electron chi connectivity index (χ4n) is 9.24. The van der Waals surface area contributed by atoms with E-state index in [2.05, 4.69) is 88.7 Å². The fraction of sp³-hybridized carbons (Fsp3) is 0.542. The third kappa shape index (κ3) is 26.5. The number of carbonyl (C=O) groups is 13. The lowest BCUT2D eigenvalue weighted by atomic mass is 10.00. The number of thiol groups is 2. The van der Waals surface area contributed by atoms with Crippen LogP contribution in [-0.4, -0.2) is 219 Å². The Morgan fingerprint density at radius 2 is 0.989 bits per heavy atom. The molecule has 0 saturated heterocycles. The Labute approximate surface area is 553 Å². The van der Waals surface area contributed by atoms with Crippen LogP contribution in [-0.2, 0) is 75.2 Å². The number of carbonyl (C=O) groups excluding carboxylic acids is 13. The van der Waals surface area contributed by atoms with Gasteiger partial charge in [0.1, 0.15) is 66.5 Å². The number of hydrogen-bond donors (Lipinski definition) is 22. The van der Waals surface area contributed by atoms with Crippen LogP contribution in [0.2, 0.25) is 0 Å². The van der Waals surface area contributed by atoms with Gasteiger partial charge in [-0.25, -0.2) is 0 Å². The first-order valence-corrected chi connectivity index (χ1v) is 31.5. The quantitative estimate of drug-likeness (QED) is 0.0185. The van der Waals surface area contributed by atoms with Gasteiger partial charge in [0, 0.05) is 47.9 Å². The van der Waals surface area contributed by atoms with Crippen LogP contribution >= 0.6 is 25.3 Å². The van der Waals surface area contributed by atoms with Crippen LogP contribution in [0, 0.1) is 5.92 Å². The van der Waals surface area contributed by atoms with E-state index in [-0.39, 0.29) is 43.1 Å². The van der Waals surface area contributed by atoms with Gasteiger partial charge >= 0.3 is 0 Å². The first kappa shape index (κ1) is 79.8. The van der Waals surface area contributed by atoms with Crippen molar-refractivity contribution in [3.63, 3.8) is 0 Å². The van der Waals surface area contributed by atoms with Gasteiger partial charge in [-0.3, -0.25) is 62.3 Å². The minimum atomic E-state index is -1.81. The molecule has 35 heteroatoms. The van der Waals surface area contributed by atoms with Crippen LogP contribution in [0.5, 0.6) is 0 Å². The maximum atomic E-state index is 14.4. The Kier molecular flexibility index (Phi) is 34.5. The Morgan fingerprint density at radius 1 is 0.511 bits per heavy atom. The first-order valence-electron chi connectivity index (χ1n) is 30.2. The molecule has 13 amide bonds. The molecule has 33 nitrogen and oxygen atoms in total. The summed E-state index contributed by atoms with van der Waals surface area (Å²) in [5, 5.41) is 68.2. The molecule has 0 aliphatic rings.